The molecule has 194 valence electrons. The van der Waals surface area contributed by atoms with E-state index < -0.39 is 26.1 Å². The maximum absolute atomic E-state index is 13.5. The lowest BCUT2D eigenvalue weighted by Gasteiger charge is -2.29. The summed E-state index contributed by atoms with van der Waals surface area (Å²) in [4.78, 5) is 0.108. The van der Waals surface area contributed by atoms with Crippen LogP contribution >= 0.6 is 0 Å². The number of methoxy groups -OCH3 is 4. The summed E-state index contributed by atoms with van der Waals surface area (Å²) in [5, 5.41) is 0. The van der Waals surface area contributed by atoms with Gasteiger partial charge in [0.15, 0.2) is 23.0 Å². The first-order chi connectivity index (χ1) is 16.6. The summed E-state index contributed by atoms with van der Waals surface area (Å²) in [7, 11) is -1.99. The molecule has 1 aliphatic rings. The summed E-state index contributed by atoms with van der Waals surface area (Å²) >= 11 is 0. The fraction of sp³-hybridized carbons (Fsp3) is 0.478. The van der Waals surface area contributed by atoms with Crippen molar-refractivity contribution in [2.75, 3.05) is 48.1 Å². The topological polar surface area (TPSA) is 112 Å². The van der Waals surface area contributed by atoms with Crippen molar-refractivity contribution >= 4 is 20.0 Å². The predicted octanol–water partition coefficient (Wildman–Crippen LogP) is 2.58. The van der Waals surface area contributed by atoms with Crippen LogP contribution in [0.3, 0.4) is 0 Å². The molecular formula is C23H32N2O8S2. The van der Waals surface area contributed by atoms with Crippen LogP contribution in [0.2, 0.25) is 0 Å². The van der Waals surface area contributed by atoms with Crippen molar-refractivity contribution in [2.45, 2.75) is 35.6 Å². The zero-order valence-electron chi connectivity index (χ0n) is 20.6. The summed E-state index contributed by atoms with van der Waals surface area (Å²) in [5.41, 5.74) is 0. The van der Waals surface area contributed by atoms with E-state index in [-0.39, 0.29) is 22.9 Å². The van der Waals surface area contributed by atoms with Gasteiger partial charge in [-0.2, -0.15) is 8.61 Å². The third-order valence-corrected chi connectivity index (χ3v) is 9.93. The molecule has 3 rings (SSSR count). The van der Waals surface area contributed by atoms with Gasteiger partial charge in [0.25, 0.3) is 0 Å². The first-order valence-electron chi connectivity index (χ1n) is 11.1. The van der Waals surface area contributed by atoms with Gasteiger partial charge >= 0.3 is 0 Å². The molecule has 1 atom stereocenters. The molecule has 35 heavy (non-hydrogen) atoms. The Morgan fingerprint density at radius 2 is 1.34 bits per heavy atom. The van der Waals surface area contributed by atoms with Gasteiger partial charge in [-0.15, -0.1) is 0 Å². The van der Waals surface area contributed by atoms with Crippen LogP contribution in [0.5, 0.6) is 23.0 Å². The molecular weight excluding hydrogens is 496 g/mol. The van der Waals surface area contributed by atoms with Gasteiger partial charge in [-0.05, 0) is 37.1 Å². The predicted molar refractivity (Wildman–Crippen MR) is 130 cm³/mol. The normalized spacial score (nSPS) is 16.9. The van der Waals surface area contributed by atoms with Gasteiger partial charge in [0.2, 0.25) is 20.0 Å². The molecule has 0 radical (unpaired) electrons. The summed E-state index contributed by atoms with van der Waals surface area (Å²) in [6.45, 7) is 2.23. The summed E-state index contributed by atoms with van der Waals surface area (Å²) in [6.07, 6.45) is 1.18. The average molecular weight is 529 g/mol. The van der Waals surface area contributed by atoms with Crippen molar-refractivity contribution in [1.82, 2.24) is 8.61 Å². The molecule has 1 heterocycles. The lowest BCUT2D eigenvalue weighted by Crippen LogP contribution is -2.45. The zero-order chi connectivity index (χ0) is 25.8. The summed E-state index contributed by atoms with van der Waals surface area (Å²) in [6, 6.07) is 8.30. The van der Waals surface area contributed by atoms with Crippen LogP contribution in [0.4, 0.5) is 0 Å². The van der Waals surface area contributed by atoms with Crippen LogP contribution in [0.25, 0.3) is 0 Å². The fourth-order valence-corrected chi connectivity index (χ4v) is 7.38. The van der Waals surface area contributed by atoms with E-state index in [1.165, 1.54) is 73.4 Å². The van der Waals surface area contributed by atoms with Crippen LogP contribution in [0, 0.1) is 0 Å². The highest BCUT2D eigenvalue weighted by Crippen LogP contribution is 2.34. The van der Waals surface area contributed by atoms with Crippen molar-refractivity contribution in [1.29, 1.82) is 0 Å². The molecule has 2 aromatic carbocycles. The van der Waals surface area contributed by atoms with Crippen molar-refractivity contribution in [3.8, 4) is 23.0 Å². The van der Waals surface area contributed by atoms with Gasteiger partial charge in [0.1, 0.15) is 0 Å². The lowest BCUT2D eigenvalue weighted by molar-refractivity contribution is 0.311. The van der Waals surface area contributed by atoms with Crippen molar-refractivity contribution < 1.29 is 35.8 Å². The number of benzene rings is 2. The minimum absolute atomic E-state index is 0.0275. The van der Waals surface area contributed by atoms with E-state index in [0.717, 1.165) is 0 Å². The van der Waals surface area contributed by atoms with Gasteiger partial charge in [0, 0.05) is 37.8 Å². The van der Waals surface area contributed by atoms with E-state index in [0.29, 0.717) is 42.4 Å². The van der Waals surface area contributed by atoms with E-state index in [2.05, 4.69) is 0 Å². The third kappa shape index (κ3) is 5.35. The Kier molecular flexibility index (Phi) is 8.52. The fourth-order valence-electron chi connectivity index (χ4n) is 4.18. The monoisotopic (exact) mass is 528 g/mol. The quantitative estimate of drug-likeness (QED) is 0.438. The van der Waals surface area contributed by atoms with Crippen LogP contribution in [0.1, 0.15) is 19.8 Å². The molecule has 0 aromatic heterocycles. The highest BCUT2D eigenvalue weighted by Gasteiger charge is 2.38. The first-order valence-corrected chi connectivity index (χ1v) is 14.0. The Morgan fingerprint density at radius 3 is 1.86 bits per heavy atom. The molecule has 0 amide bonds. The minimum Gasteiger partial charge on any atom is -0.493 e. The molecule has 0 unspecified atom stereocenters. The largest absolute Gasteiger partial charge is 0.493 e. The van der Waals surface area contributed by atoms with Crippen molar-refractivity contribution in [2.24, 2.45) is 0 Å². The number of hydrogen-bond acceptors (Lipinski definition) is 8. The van der Waals surface area contributed by atoms with Crippen LogP contribution in [-0.2, 0) is 20.0 Å². The molecule has 0 spiro atoms. The van der Waals surface area contributed by atoms with E-state index in [1.807, 2.05) is 0 Å². The number of ether oxygens (including phenoxy) is 4. The zero-order valence-corrected chi connectivity index (χ0v) is 22.2. The highest BCUT2D eigenvalue weighted by molar-refractivity contribution is 7.89. The lowest BCUT2D eigenvalue weighted by atomic mass is 10.2. The Morgan fingerprint density at radius 1 is 0.829 bits per heavy atom. The second-order valence-corrected chi connectivity index (χ2v) is 11.7. The Hall–Kier alpha value is -2.54. The molecule has 1 saturated heterocycles. The van der Waals surface area contributed by atoms with E-state index in [9.17, 15) is 16.8 Å². The standard InChI is InChI=1S/C23H32N2O8S2/c1-6-24(34(26,27)18-9-11-20(30-2)22(14-18)32-4)16-17-8-7-13-25(17)35(28,29)19-10-12-21(31-3)23(15-19)33-5/h9-12,14-15,17H,6-8,13,16H2,1-5H3/t17-/m1/s1. The molecule has 10 nitrogen and oxygen atoms in total. The van der Waals surface area contributed by atoms with Crippen molar-refractivity contribution in [3.05, 3.63) is 36.4 Å². The molecule has 12 heteroatoms. The maximum atomic E-state index is 13.5. The second kappa shape index (κ2) is 11.0. The van der Waals surface area contributed by atoms with Gasteiger partial charge in [-0.25, -0.2) is 16.8 Å². The molecule has 0 bridgehead atoms. The smallest absolute Gasteiger partial charge is 0.243 e. The Balaban J connectivity index is 1.89. The Labute approximate surface area is 207 Å². The highest BCUT2D eigenvalue weighted by atomic mass is 32.2. The summed E-state index contributed by atoms with van der Waals surface area (Å²) in [5.74, 6) is 1.43. The number of rotatable bonds is 11. The number of sulfonamides is 2. The number of likely N-dealkylation sites (N-methyl/N-ethyl adjacent to an activating group) is 1. The van der Waals surface area contributed by atoms with Crippen LogP contribution < -0.4 is 18.9 Å². The minimum atomic E-state index is -3.91. The van der Waals surface area contributed by atoms with E-state index in [1.54, 1.807) is 6.92 Å². The molecule has 0 N–H and O–H groups in total. The molecule has 1 aliphatic heterocycles. The second-order valence-electron chi connectivity index (χ2n) is 7.90. The van der Waals surface area contributed by atoms with Crippen molar-refractivity contribution in [3.63, 3.8) is 0 Å². The van der Waals surface area contributed by atoms with Gasteiger partial charge in [0.05, 0.1) is 38.2 Å². The molecule has 2 aromatic rings. The molecule has 0 saturated carbocycles. The van der Waals surface area contributed by atoms with Gasteiger partial charge in [-0.1, -0.05) is 6.92 Å². The summed E-state index contributed by atoms with van der Waals surface area (Å²) < 4.78 is 77.4. The van der Waals surface area contributed by atoms with Crippen LogP contribution in [0.15, 0.2) is 46.2 Å². The molecule has 1 fully saturated rings. The van der Waals surface area contributed by atoms with Gasteiger partial charge < -0.3 is 18.9 Å². The first kappa shape index (κ1) is 27.1. The van der Waals surface area contributed by atoms with E-state index >= 15 is 0 Å². The maximum Gasteiger partial charge on any atom is 0.243 e. The number of nitrogens with zero attached hydrogens (tertiary/aromatic N) is 2. The Bertz CT molecular complexity index is 1250. The number of hydrogen-bond donors (Lipinski definition) is 0. The van der Waals surface area contributed by atoms with Crippen LogP contribution in [-0.4, -0.2) is 79.6 Å². The van der Waals surface area contributed by atoms with E-state index in [4.69, 9.17) is 18.9 Å². The SMILES string of the molecule is CCN(C[C@H]1CCCN1S(=O)(=O)c1ccc(OC)c(OC)c1)S(=O)(=O)c1ccc(OC)c(OC)c1. The molecule has 0 aliphatic carbocycles. The average Bonchev–Trinajstić information content (AvgIpc) is 3.35. The third-order valence-electron chi connectivity index (χ3n) is 6.04. The van der Waals surface area contributed by atoms with Gasteiger partial charge in [-0.3, -0.25) is 0 Å².